The normalized spacial score (nSPS) is 11.4. The van der Waals surface area contributed by atoms with E-state index >= 15 is 0 Å². The second-order valence-electron chi connectivity index (χ2n) is 35.2. The number of nitrogens with zero attached hydrogens (tertiary/aromatic N) is 9. The average molecular weight is 1860 g/mol. The fraction of sp³-hybridized carbons (Fsp3) is 0. The lowest BCUT2D eigenvalue weighted by atomic mass is 9.92. The van der Waals surface area contributed by atoms with E-state index in [2.05, 4.69) is 442 Å². The maximum Gasteiger partial charge on any atom is 0.226 e. The van der Waals surface area contributed by atoms with Gasteiger partial charge in [0.2, 0.25) is 15.9 Å². The highest BCUT2D eigenvalue weighted by Crippen LogP contribution is 2.43. The molecule has 0 saturated heterocycles. The summed E-state index contributed by atoms with van der Waals surface area (Å²) < 4.78 is 0. The number of fused-ring (bicyclic) bond motifs is 11. The van der Waals surface area contributed by atoms with Gasteiger partial charge in [-0.2, -0.15) is 29.9 Å². The first kappa shape index (κ1) is 86.2. The molecule has 0 saturated carbocycles. The summed E-state index contributed by atoms with van der Waals surface area (Å²) in [6.45, 7) is 0. The van der Waals surface area contributed by atoms with E-state index in [0.717, 1.165) is 99.1 Å². The van der Waals surface area contributed by atoms with E-state index in [1.165, 1.54) is 120 Å². The summed E-state index contributed by atoms with van der Waals surface area (Å²) in [7, 11) is 0. The largest absolute Gasteiger partial charge is 0.226 e. The number of benzene rings is 23. The van der Waals surface area contributed by atoms with Crippen LogP contribution in [-0.2, 0) is 0 Å². The molecule has 23 aromatic carbocycles. The molecule has 26 aromatic rings. The van der Waals surface area contributed by atoms with Crippen LogP contribution in [0.2, 0.25) is 15.9 Å². The van der Waals surface area contributed by atoms with E-state index in [0.29, 0.717) is 34.9 Å². The Morgan fingerprint density at radius 2 is 0.333 bits per heavy atom. The van der Waals surface area contributed by atoms with Crippen molar-refractivity contribution in [2.24, 2.45) is 0 Å². The van der Waals surface area contributed by atoms with Crippen LogP contribution in [0.5, 0.6) is 0 Å². The Kier molecular flexibility index (Phi) is 23.1. The molecule has 662 valence electrons. The van der Waals surface area contributed by atoms with Gasteiger partial charge in [0.25, 0.3) is 0 Å². The number of halogens is 3. The molecule has 0 radical (unpaired) electrons. The molecule has 12 heteroatoms. The predicted octanol–water partition coefficient (Wildman–Crippen LogP) is 35.3. The molecule has 141 heavy (non-hydrogen) atoms. The minimum absolute atomic E-state index is 0.161. The van der Waals surface area contributed by atoms with Gasteiger partial charge in [-0.3, -0.25) is 0 Å². The highest BCUT2D eigenvalue weighted by molar-refractivity contribution is 6.29. The molecule has 0 spiro atoms. The predicted molar refractivity (Wildman–Crippen MR) is 588 cm³/mol. The molecular formula is C129H80Cl3N9. The van der Waals surface area contributed by atoms with Crippen molar-refractivity contribution in [3.05, 3.63) is 501 Å². The summed E-state index contributed by atoms with van der Waals surface area (Å²) in [6, 6.07) is 170. The van der Waals surface area contributed by atoms with Crippen LogP contribution in [0.4, 0.5) is 0 Å². The second-order valence-corrected chi connectivity index (χ2v) is 36.2. The SMILES string of the molecule is Clc1nc(-c2cccc(-c3ccc4cc(-c5ccccc5)ccc4c3)c2)nc(-c2cc3ccccc3c3ccccc23)n1.Clc1nc(-c2cccc(-c3ccc4cc(-c5ccccc5)ccc4c3)c2)nc(-c2ccc3c(-c4ccccc4)cccc3c2)n1.Clc1nc(-c2cccc(-c3ccc4cc(-c5ccccc5)ccc4c3)c2)nc(-c2ccc3cc(-c4cc5ccccc5c5ccccc45)ccc3c2)n1. The molecule has 26 rings (SSSR count). The van der Waals surface area contributed by atoms with E-state index in [-0.39, 0.29) is 15.9 Å². The van der Waals surface area contributed by atoms with Crippen LogP contribution in [0.3, 0.4) is 0 Å². The number of hydrogen-bond donors (Lipinski definition) is 0. The van der Waals surface area contributed by atoms with Crippen molar-refractivity contribution >= 4 is 132 Å². The first-order valence-corrected chi connectivity index (χ1v) is 47.9. The van der Waals surface area contributed by atoms with Crippen molar-refractivity contribution in [2.75, 3.05) is 0 Å². The molecule has 9 nitrogen and oxygen atoms in total. The van der Waals surface area contributed by atoms with Crippen LogP contribution in [0.25, 0.3) is 254 Å². The lowest BCUT2D eigenvalue weighted by molar-refractivity contribution is 1.07. The fourth-order valence-electron chi connectivity index (χ4n) is 19.4. The Labute approximate surface area is 828 Å². The van der Waals surface area contributed by atoms with E-state index in [9.17, 15) is 0 Å². The van der Waals surface area contributed by atoms with Crippen LogP contribution in [0, 0.1) is 0 Å². The first-order chi connectivity index (χ1) is 69.5. The van der Waals surface area contributed by atoms with Gasteiger partial charge in [-0.25, -0.2) is 15.0 Å². The number of hydrogen-bond acceptors (Lipinski definition) is 9. The maximum atomic E-state index is 6.56. The number of rotatable bonds is 14. The monoisotopic (exact) mass is 1860 g/mol. The van der Waals surface area contributed by atoms with E-state index in [1.54, 1.807) is 0 Å². The third-order valence-electron chi connectivity index (χ3n) is 26.4. The quantitative estimate of drug-likeness (QED) is 0.0981. The topological polar surface area (TPSA) is 116 Å². The lowest BCUT2D eigenvalue weighted by Gasteiger charge is -2.12. The summed E-state index contributed by atoms with van der Waals surface area (Å²) in [5.41, 5.74) is 24.0. The summed E-state index contributed by atoms with van der Waals surface area (Å²) >= 11 is 19.6. The number of aromatic nitrogens is 9. The van der Waals surface area contributed by atoms with Crippen LogP contribution >= 0.6 is 34.8 Å². The minimum atomic E-state index is 0.161. The molecular weight excluding hydrogens is 1780 g/mol. The Bertz CT molecular complexity index is 9370. The summed E-state index contributed by atoms with van der Waals surface area (Å²) in [5.74, 6) is 3.26. The van der Waals surface area contributed by atoms with E-state index < -0.39 is 0 Å². The van der Waals surface area contributed by atoms with Gasteiger partial charge in [0.15, 0.2) is 34.9 Å². The van der Waals surface area contributed by atoms with Gasteiger partial charge in [0.1, 0.15) is 0 Å². The molecule has 0 atom stereocenters. The summed E-state index contributed by atoms with van der Waals surface area (Å²) in [4.78, 5) is 42.0. The first-order valence-electron chi connectivity index (χ1n) is 46.8. The van der Waals surface area contributed by atoms with Gasteiger partial charge in [-0.15, -0.1) is 0 Å². The highest BCUT2D eigenvalue weighted by atomic mass is 35.5. The van der Waals surface area contributed by atoms with Crippen LogP contribution in [0.15, 0.2) is 485 Å². The smallest absolute Gasteiger partial charge is 0.208 e. The van der Waals surface area contributed by atoms with E-state index in [1.807, 2.05) is 72.8 Å². The lowest BCUT2D eigenvalue weighted by Crippen LogP contribution is -1.98. The zero-order chi connectivity index (χ0) is 94.2. The molecule has 0 aliphatic heterocycles. The Morgan fingerprint density at radius 3 is 0.723 bits per heavy atom. The molecule has 3 heterocycles. The summed E-state index contributed by atoms with van der Waals surface area (Å²) in [6.07, 6.45) is 0. The molecule has 0 bridgehead atoms. The van der Waals surface area contributed by atoms with Crippen LogP contribution in [-0.4, -0.2) is 44.9 Å². The summed E-state index contributed by atoms with van der Waals surface area (Å²) in [5, 5.41) is 21.8. The van der Waals surface area contributed by atoms with Crippen molar-refractivity contribution in [3.63, 3.8) is 0 Å². The zero-order valence-electron chi connectivity index (χ0n) is 75.8. The Hall–Kier alpha value is -17.7. The second kappa shape index (κ2) is 37.8. The van der Waals surface area contributed by atoms with Gasteiger partial charge < -0.3 is 0 Å². The fourth-order valence-corrected chi connectivity index (χ4v) is 19.9. The van der Waals surface area contributed by atoms with Gasteiger partial charge in [0, 0.05) is 33.4 Å². The Morgan fingerprint density at radius 1 is 0.106 bits per heavy atom. The van der Waals surface area contributed by atoms with Crippen LogP contribution in [0.1, 0.15) is 0 Å². The molecule has 0 N–H and O–H groups in total. The molecule has 0 aliphatic carbocycles. The standard InChI is InChI=1S/C49H30ClN3.C41H26ClN3.C39H24ClN3/c50-49-52-47(41-13-8-12-32(28-41)34-19-20-35-25-33(17-18-36(35)26-34)31-9-2-1-3-10-31)51-48(53-49)42-24-22-37-27-40(23-21-38(37)29-42)46-30-39-11-4-5-14-43(39)44-15-6-7-16-45(44)46;42-41-44-39(43-40(45-41)36-21-22-38-34(26-36)14-8-16-37(38)28-11-5-2-6-12-28)35-15-7-13-29(25-35)31-19-20-32-23-30(17-18-33(32)24-31)27-9-3-1-4-10-27;40-39-42-37(41-38(43-39)36-24-31-11-4-5-14-33(31)34-15-6-7-16-35(34)36)32-13-8-12-26(23-32)28-19-20-29-21-27(17-18-30(29)22-28)25-9-2-1-3-10-25/h1-30H;1-26H;1-24H. The maximum absolute atomic E-state index is 6.56. The van der Waals surface area contributed by atoms with E-state index in [4.69, 9.17) is 49.8 Å². The minimum Gasteiger partial charge on any atom is -0.208 e. The highest BCUT2D eigenvalue weighted by Gasteiger charge is 2.21. The molecule has 0 amide bonds. The van der Waals surface area contributed by atoms with Crippen molar-refractivity contribution in [1.29, 1.82) is 0 Å². The third kappa shape index (κ3) is 17.8. The molecule has 3 aromatic heterocycles. The average Bonchev–Trinajstić information content (AvgIpc) is 0.755. The zero-order valence-corrected chi connectivity index (χ0v) is 78.1. The van der Waals surface area contributed by atoms with Crippen molar-refractivity contribution in [2.45, 2.75) is 0 Å². The molecule has 0 fully saturated rings. The van der Waals surface area contributed by atoms with Gasteiger partial charge in [-0.1, -0.05) is 400 Å². The van der Waals surface area contributed by atoms with Crippen molar-refractivity contribution in [3.8, 4) is 157 Å². The van der Waals surface area contributed by atoms with Crippen molar-refractivity contribution in [1.82, 2.24) is 44.9 Å². The Balaban J connectivity index is 0.000000115. The van der Waals surface area contributed by atoms with Gasteiger partial charge in [0.05, 0.1) is 0 Å². The van der Waals surface area contributed by atoms with Gasteiger partial charge >= 0.3 is 0 Å². The molecule has 0 unspecified atom stereocenters. The van der Waals surface area contributed by atoms with Gasteiger partial charge in [-0.05, 0) is 306 Å². The van der Waals surface area contributed by atoms with Crippen molar-refractivity contribution < 1.29 is 0 Å². The van der Waals surface area contributed by atoms with Crippen LogP contribution < -0.4 is 0 Å². The molecule has 0 aliphatic rings. The third-order valence-corrected chi connectivity index (χ3v) is 26.9.